The lowest BCUT2D eigenvalue weighted by molar-refractivity contribution is -0.113. The zero-order valence-corrected chi connectivity index (χ0v) is 20.3. The number of benzene rings is 2. The Morgan fingerprint density at radius 3 is 2.74 bits per heavy atom. The molecule has 0 aliphatic carbocycles. The van der Waals surface area contributed by atoms with Crippen molar-refractivity contribution < 1.29 is 9.53 Å². The largest absolute Gasteiger partial charge is 0.497 e. The molecule has 1 amide bonds. The Balaban J connectivity index is 1.63. The normalized spacial score (nSPS) is 14.8. The number of aromatic nitrogens is 4. The smallest absolute Gasteiger partial charge is 0.255 e. The van der Waals surface area contributed by atoms with Gasteiger partial charge in [-0.25, -0.2) is 4.68 Å². The minimum absolute atomic E-state index is 0.317. The highest BCUT2D eigenvalue weighted by Gasteiger charge is 2.35. The van der Waals surface area contributed by atoms with Crippen LogP contribution in [-0.2, 0) is 4.79 Å². The first kappa shape index (κ1) is 22.9. The number of anilines is 2. The molecule has 0 saturated carbocycles. The Morgan fingerprint density at radius 2 is 2.00 bits per heavy atom. The van der Waals surface area contributed by atoms with E-state index in [9.17, 15) is 4.79 Å². The quantitative estimate of drug-likeness (QED) is 0.366. The molecule has 1 aliphatic rings. The molecule has 2 aromatic carbocycles. The third-order valence-electron chi connectivity index (χ3n) is 5.60. The highest BCUT2D eigenvalue weighted by atomic mass is 35.5. The summed E-state index contributed by atoms with van der Waals surface area (Å²) in [6.07, 6.45) is 3.22. The van der Waals surface area contributed by atoms with Gasteiger partial charge < -0.3 is 15.4 Å². The molecular formula is C25H20Cl2N6O2. The fraction of sp³-hybridized carbons (Fsp3) is 0.120. The average Bonchev–Trinajstić information content (AvgIpc) is 3.28. The molecule has 5 rings (SSSR count). The van der Waals surface area contributed by atoms with Crippen LogP contribution in [0.1, 0.15) is 18.5 Å². The van der Waals surface area contributed by atoms with E-state index in [-0.39, 0.29) is 5.91 Å². The predicted molar refractivity (Wildman–Crippen MR) is 136 cm³/mol. The van der Waals surface area contributed by atoms with E-state index in [1.54, 1.807) is 54.5 Å². The van der Waals surface area contributed by atoms with E-state index in [0.29, 0.717) is 50.1 Å². The average molecular weight is 507 g/mol. The van der Waals surface area contributed by atoms with E-state index in [1.165, 1.54) is 0 Å². The number of rotatable bonds is 5. The Labute approximate surface area is 211 Å². The summed E-state index contributed by atoms with van der Waals surface area (Å²) in [6.45, 7) is 1.82. The predicted octanol–water partition coefficient (Wildman–Crippen LogP) is 5.58. The van der Waals surface area contributed by atoms with Crippen molar-refractivity contribution in [3.63, 3.8) is 0 Å². The van der Waals surface area contributed by atoms with E-state index in [4.69, 9.17) is 33.0 Å². The Hall–Kier alpha value is -3.88. The van der Waals surface area contributed by atoms with E-state index >= 15 is 0 Å². The molecule has 0 fully saturated rings. The minimum Gasteiger partial charge on any atom is -0.497 e. The van der Waals surface area contributed by atoms with Crippen LogP contribution in [0.25, 0.3) is 11.4 Å². The maximum absolute atomic E-state index is 13.5. The molecule has 0 spiro atoms. The van der Waals surface area contributed by atoms with Crippen molar-refractivity contribution in [3.05, 3.63) is 93.9 Å². The van der Waals surface area contributed by atoms with Gasteiger partial charge in [0, 0.05) is 33.1 Å². The fourth-order valence-electron chi connectivity index (χ4n) is 3.98. The third kappa shape index (κ3) is 4.45. The molecule has 1 aliphatic heterocycles. The summed E-state index contributed by atoms with van der Waals surface area (Å²) < 4.78 is 7.01. The van der Waals surface area contributed by atoms with Crippen LogP contribution in [0.5, 0.6) is 5.75 Å². The molecule has 4 aromatic rings. The summed E-state index contributed by atoms with van der Waals surface area (Å²) in [6, 6.07) is 15.5. The molecule has 0 saturated heterocycles. The summed E-state index contributed by atoms with van der Waals surface area (Å²) >= 11 is 12.8. The van der Waals surface area contributed by atoms with Gasteiger partial charge in [0.1, 0.15) is 11.8 Å². The SMILES string of the molecule is COc1cccc(-c2nc3n(n2)C(c2ccc(Cl)cc2Cl)C(C(=O)Nc2cccnc2)=C(C)N3)c1. The number of nitrogens with zero attached hydrogens (tertiary/aromatic N) is 4. The maximum atomic E-state index is 13.5. The Bertz CT molecular complexity index is 1450. The van der Waals surface area contributed by atoms with Gasteiger partial charge in [-0.05, 0) is 43.3 Å². The fourth-order valence-corrected chi connectivity index (χ4v) is 4.49. The summed E-state index contributed by atoms with van der Waals surface area (Å²) in [5.41, 5.74) is 3.07. The van der Waals surface area contributed by atoms with Gasteiger partial charge in [-0.2, -0.15) is 4.98 Å². The summed E-state index contributed by atoms with van der Waals surface area (Å²) in [5.74, 6) is 1.33. The van der Waals surface area contributed by atoms with Gasteiger partial charge in [-0.15, -0.1) is 5.10 Å². The minimum atomic E-state index is -0.653. The second-order valence-corrected chi connectivity index (χ2v) is 8.71. The first-order chi connectivity index (χ1) is 16.9. The highest BCUT2D eigenvalue weighted by Crippen LogP contribution is 2.40. The van der Waals surface area contributed by atoms with Gasteiger partial charge in [0.25, 0.3) is 5.91 Å². The molecular weight excluding hydrogens is 487 g/mol. The number of carbonyl (C=O) groups is 1. The van der Waals surface area contributed by atoms with Crippen LogP contribution in [0.15, 0.2) is 78.3 Å². The number of methoxy groups -OCH3 is 1. The second kappa shape index (κ2) is 9.40. The molecule has 1 atom stereocenters. The van der Waals surface area contributed by atoms with Gasteiger partial charge in [0.15, 0.2) is 5.82 Å². The first-order valence-electron chi connectivity index (χ1n) is 10.7. The van der Waals surface area contributed by atoms with Crippen LogP contribution < -0.4 is 15.4 Å². The van der Waals surface area contributed by atoms with Gasteiger partial charge >= 0.3 is 0 Å². The molecule has 1 unspecified atom stereocenters. The van der Waals surface area contributed by atoms with Crippen molar-refractivity contribution in [1.29, 1.82) is 0 Å². The zero-order valence-electron chi connectivity index (χ0n) is 18.8. The highest BCUT2D eigenvalue weighted by molar-refractivity contribution is 6.35. The molecule has 3 heterocycles. The van der Waals surface area contributed by atoms with E-state index in [1.807, 2.05) is 31.2 Å². The number of hydrogen-bond acceptors (Lipinski definition) is 6. The standard InChI is InChI=1S/C25H20Cl2N6O2/c1-14-21(24(34)30-17-6-4-10-28-13-17)22(19-9-8-16(26)12-20(19)27)33-25(29-14)31-23(32-33)15-5-3-7-18(11-15)35-2/h3-13,22H,1-2H3,(H,30,34)(H,29,31,32). The number of halogens is 2. The van der Waals surface area contributed by atoms with Crippen LogP contribution in [0.3, 0.4) is 0 Å². The van der Waals surface area contributed by atoms with Crippen molar-refractivity contribution in [2.24, 2.45) is 0 Å². The molecule has 10 heteroatoms. The van der Waals surface area contributed by atoms with Crippen molar-refractivity contribution in [2.45, 2.75) is 13.0 Å². The lowest BCUT2D eigenvalue weighted by atomic mass is 9.95. The van der Waals surface area contributed by atoms with Gasteiger partial charge in [0.2, 0.25) is 5.95 Å². The molecule has 2 N–H and O–H groups in total. The molecule has 2 aromatic heterocycles. The number of hydrogen-bond donors (Lipinski definition) is 2. The Morgan fingerprint density at radius 1 is 1.14 bits per heavy atom. The van der Waals surface area contributed by atoms with Crippen molar-refractivity contribution in [1.82, 2.24) is 19.7 Å². The third-order valence-corrected chi connectivity index (χ3v) is 6.16. The van der Waals surface area contributed by atoms with Crippen LogP contribution in [0.2, 0.25) is 10.0 Å². The molecule has 0 radical (unpaired) electrons. The lowest BCUT2D eigenvalue weighted by Crippen LogP contribution is -2.31. The first-order valence-corrected chi connectivity index (χ1v) is 11.5. The number of allylic oxidation sites excluding steroid dienone is 1. The topological polar surface area (TPSA) is 94.0 Å². The molecule has 35 heavy (non-hydrogen) atoms. The molecule has 8 nitrogen and oxygen atoms in total. The van der Waals surface area contributed by atoms with Crippen LogP contribution in [0, 0.1) is 0 Å². The van der Waals surface area contributed by atoms with E-state index < -0.39 is 6.04 Å². The van der Waals surface area contributed by atoms with Gasteiger partial charge in [-0.1, -0.05) is 41.4 Å². The summed E-state index contributed by atoms with van der Waals surface area (Å²) in [5, 5.41) is 11.8. The lowest BCUT2D eigenvalue weighted by Gasteiger charge is -2.29. The van der Waals surface area contributed by atoms with Crippen molar-refractivity contribution in [2.75, 3.05) is 17.7 Å². The number of carbonyl (C=O) groups excluding carboxylic acids is 1. The molecule has 0 bridgehead atoms. The second-order valence-electron chi connectivity index (χ2n) is 7.86. The number of nitrogens with one attached hydrogen (secondary N) is 2. The monoisotopic (exact) mass is 506 g/mol. The van der Waals surface area contributed by atoms with Gasteiger partial charge in [-0.3, -0.25) is 9.78 Å². The van der Waals surface area contributed by atoms with Gasteiger partial charge in [0.05, 0.1) is 24.6 Å². The van der Waals surface area contributed by atoms with Crippen LogP contribution in [0.4, 0.5) is 11.6 Å². The molecule has 176 valence electrons. The zero-order chi connectivity index (χ0) is 24.5. The number of fused-ring (bicyclic) bond motifs is 1. The maximum Gasteiger partial charge on any atom is 0.255 e. The van der Waals surface area contributed by atoms with Crippen molar-refractivity contribution >= 4 is 40.7 Å². The number of pyridine rings is 1. The number of ether oxygens (including phenoxy) is 1. The van der Waals surface area contributed by atoms with Crippen LogP contribution in [-0.4, -0.2) is 32.8 Å². The summed E-state index contributed by atoms with van der Waals surface area (Å²) in [7, 11) is 1.60. The Kier molecular flexibility index (Phi) is 6.15. The van der Waals surface area contributed by atoms with Crippen molar-refractivity contribution in [3.8, 4) is 17.1 Å². The summed E-state index contributed by atoms with van der Waals surface area (Å²) in [4.78, 5) is 22.3. The number of amides is 1. The van der Waals surface area contributed by atoms with Crippen LogP contribution >= 0.6 is 23.2 Å². The van der Waals surface area contributed by atoms with E-state index in [0.717, 1.165) is 5.56 Å². The van der Waals surface area contributed by atoms with E-state index in [2.05, 4.69) is 20.6 Å².